The molecule has 0 N–H and O–H groups in total. The Balaban J connectivity index is 1.53. The van der Waals surface area contributed by atoms with Gasteiger partial charge in [-0.15, -0.1) is 0 Å². The molecule has 0 spiro atoms. The summed E-state index contributed by atoms with van der Waals surface area (Å²) < 4.78 is 0. The van der Waals surface area contributed by atoms with Crippen LogP contribution < -0.4 is 4.90 Å². The van der Waals surface area contributed by atoms with E-state index in [0.717, 1.165) is 37.7 Å². The van der Waals surface area contributed by atoms with Gasteiger partial charge in [-0.05, 0) is 38.4 Å². The fourth-order valence-corrected chi connectivity index (χ4v) is 4.70. The van der Waals surface area contributed by atoms with Crippen LogP contribution in [-0.2, 0) is 13.0 Å². The third kappa shape index (κ3) is 5.19. The average Bonchev–Trinajstić information content (AvgIpc) is 3.02. The molecular formula is C20H29ClN4S. The molecule has 0 saturated carbocycles. The second-order valence-corrected chi connectivity index (χ2v) is 8.77. The minimum absolute atomic E-state index is 0.618. The molecule has 1 fully saturated rings. The summed E-state index contributed by atoms with van der Waals surface area (Å²) in [4.78, 5) is 12.7. The number of halogens is 1. The molecule has 0 radical (unpaired) electrons. The summed E-state index contributed by atoms with van der Waals surface area (Å²) in [6.07, 6.45) is 3.64. The first-order valence-corrected chi connectivity index (χ1v) is 10.5. The summed E-state index contributed by atoms with van der Waals surface area (Å²) in [6.45, 7) is 4.27. The van der Waals surface area contributed by atoms with E-state index in [1.165, 1.54) is 23.3 Å². The molecule has 2 heterocycles. The molecular weight excluding hydrogens is 364 g/mol. The molecule has 1 aliphatic heterocycles. The van der Waals surface area contributed by atoms with Gasteiger partial charge >= 0.3 is 0 Å². The maximum atomic E-state index is 6.36. The SMILES string of the molecule is CN(C)c1nc(Cl)c(CN2CCC[C@H](N(C)CCc3ccccc3)C2)s1. The second kappa shape index (κ2) is 9.18. The lowest BCUT2D eigenvalue weighted by atomic mass is 10.0. The molecule has 1 aliphatic rings. The quantitative estimate of drug-likeness (QED) is 0.710. The van der Waals surface area contributed by atoms with Gasteiger partial charge in [-0.2, -0.15) is 0 Å². The Morgan fingerprint density at radius 3 is 2.69 bits per heavy atom. The van der Waals surface area contributed by atoms with Crippen molar-refractivity contribution in [2.24, 2.45) is 0 Å². The third-order valence-corrected chi connectivity index (χ3v) is 6.72. The van der Waals surface area contributed by atoms with Gasteiger partial charge in [0.15, 0.2) is 5.13 Å². The van der Waals surface area contributed by atoms with Crippen molar-refractivity contribution < 1.29 is 0 Å². The number of rotatable bonds is 7. The Kier molecular flexibility index (Phi) is 6.92. The molecule has 1 saturated heterocycles. The number of hydrogen-bond acceptors (Lipinski definition) is 5. The molecule has 142 valence electrons. The van der Waals surface area contributed by atoms with Gasteiger partial charge in [-0.1, -0.05) is 53.3 Å². The van der Waals surface area contributed by atoms with Crippen LogP contribution in [0.5, 0.6) is 0 Å². The molecule has 3 rings (SSSR count). The maximum absolute atomic E-state index is 6.36. The number of benzene rings is 1. The van der Waals surface area contributed by atoms with E-state index in [-0.39, 0.29) is 0 Å². The van der Waals surface area contributed by atoms with Gasteiger partial charge in [0, 0.05) is 39.8 Å². The van der Waals surface area contributed by atoms with Gasteiger partial charge < -0.3 is 9.80 Å². The standard InChI is InChI=1S/C20H29ClN4S/c1-23(2)20-22-19(21)18(26-20)15-25-12-7-10-17(14-25)24(3)13-11-16-8-5-4-6-9-16/h4-6,8-9,17H,7,10-15H2,1-3H3/t17-/m0/s1. The molecule has 0 amide bonds. The van der Waals surface area contributed by atoms with Crippen molar-refractivity contribution in [3.05, 3.63) is 45.9 Å². The summed E-state index contributed by atoms with van der Waals surface area (Å²) in [5, 5.41) is 1.65. The molecule has 2 aromatic rings. The average molecular weight is 393 g/mol. The normalized spacial score (nSPS) is 18.4. The molecule has 1 aromatic carbocycles. The zero-order valence-corrected chi connectivity index (χ0v) is 17.6. The van der Waals surface area contributed by atoms with Crippen LogP contribution in [0, 0.1) is 0 Å². The van der Waals surface area contributed by atoms with E-state index in [4.69, 9.17) is 11.6 Å². The molecule has 0 bridgehead atoms. The first-order chi connectivity index (χ1) is 12.5. The lowest BCUT2D eigenvalue weighted by Gasteiger charge is -2.37. The second-order valence-electron chi connectivity index (χ2n) is 7.35. The van der Waals surface area contributed by atoms with E-state index in [9.17, 15) is 0 Å². The van der Waals surface area contributed by atoms with E-state index in [1.54, 1.807) is 11.3 Å². The smallest absolute Gasteiger partial charge is 0.186 e. The summed E-state index contributed by atoms with van der Waals surface area (Å²) in [5.41, 5.74) is 1.42. The van der Waals surface area contributed by atoms with E-state index >= 15 is 0 Å². The van der Waals surface area contributed by atoms with Crippen LogP contribution in [0.15, 0.2) is 30.3 Å². The highest BCUT2D eigenvalue weighted by atomic mass is 35.5. The van der Waals surface area contributed by atoms with E-state index in [0.29, 0.717) is 11.2 Å². The fourth-order valence-electron chi connectivity index (χ4n) is 3.48. The highest BCUT2D eigenvalue weighted by molar-refractivity contribution is 7.16. The first-order valence-electron chi connectivity index (χ1n) is 9.32. The number of hydrogen-bond donors (Lipinski definition) is 0. The minimum Gasteiger partial charge on any atom is -0.354 e. The summed E-state index contributed by atoms with van der Waals surface area (Å²) in [6, 6.07) is 11.4. The van der Waals surface area contributed by atoms with Crippen molar-refractivity contribution in [2.75, 3.05) is 45.7 Å². The van der Waals surface area contributed by atoms with Crippen molar-refractivity contribution in [1.29, 1.82) is 0 Å². The number of thiazole rings is 1. The molecule has 0 unspecified atom stereocenters. The largest absolute Gasteiger partial charge is 0.354 e. The van der Waals surface area contributed by atoms with Crippen molar-refractivity contribution in [2.45, 2.75) is 31.8 Å². The lowest BCUT2D eigenvalue weighted by Crippen LogP contribution is -2.46. The van der Waals surface area contributed by atoms with Gasteiger partial charge in [0.2, 0.25) is 0 Å². The zero-order chi connectivity index (χ0) is 18.5. The van der Waals surface area contributed by atoms with Gasteiger partial charge in [0.25, 0.3) is 0 Å². The monoisotopic (exact) mass is 392 g/mol. The predicted molar refractivity (Wildman–Crippen MR) is 113 cm³/mol. The van der Waals surface area contributed by atoms with Crippen LogP contribution in [0.2, 0.25) is 5.15 Å². The lowest BCUT2D eigenvalue weighted by molar-refractivity contribution is 0.113. The van der Waals surface area contributed by atoms with Crippen LogP contribution in [-0.4, -0.2) is 61.6 Å². The van der Waals surface area contributed by atoms with E-state index in [2.05, 4.69) is 52.2 Å². The van der Waals surface area contributed by atoms with Crippen LogP contribution in [0.3, 0.4) is 0 Å². The highest BCUT2D eigenvalue weighted by Gasteiger charge is 2.24. The fraction of sp³-hybridized carbons (Fsp3) is 0.550. The molecule has 1 atom stereocenters. The number of aromatic nitrogens is 1. The van der Waals surface area contributed by atoms with Crippen molar-refractivity contribution in [1.82, 2.24) is 14.8 Å². The number of piperidine rings is 1. The van der Waals surface area contributed by atoms with Crippen LogP contribution in [0.4, 0.5) is 5.13 Å². The van der Waals surface area contributed by atoms with Crippen LogP contribution >= 0.6 is 22.9 Å². The van der Waals surface area contributed by atoms with Gasteiger partial charge in [-0.3, -0.25) is 4.90 Å². The van der Waals surface area contributed by atoms with Crippen LogP contribution in [0.25, 0.3) is 0 Å². The Morgan fingerprint density at radius 1 is 1.23 bits per heavy atom. The molecule has 6 heteroatoms. The number of nitrogens with zero attached hydrogens (tertiary/aromatic N) is 4. The van der Waals surface area contributed by atoms with E-state index < -0.39 is 0 Å². The van der Waals surface area contributed by atoms with Crippen LogP contribution in [0.1, 0.15) is 23.3 Å². The summed E-state index contributed by atoms with van der Waals surface area (Å²) >= 11 is 8.07. The van der Waals surface area contributed by atoms with Gasteiger partial charge in [-0.25, -0.2) is 4.98 Å². The molecule has 0 aliphatic carbocycles. The third-order valence-electron chi connectivity index (χ3n) is 5.09. The van der Waals surface area contributed by atoms with Gasteiger partial charge in [0.1, 0.15) is 5.15 Å². The van der Waals surface area contributed by atoms with Crippen molar-refractivity contribution >= 4 is 28.1 Å². The summed E-state index contributed by atoms with van der Waals surface area (Å²) in [5.74, 6) is 0. The Morgan fingerprint density at radius 2 is 2.00 bits per heavy atom. The van der Waals surface area contributed by atoms with E-state index in [1.807, 2.05) is 19.0 Å². The zero-order valence-electron chi connectivity index (χ0n) is 16.0. The maximum Gasteiger partial charge on any atom is 0.186 e. The molecule has 26 heavy (non-hydrogen) atoms. The van der Waals surface area contributed by atoms with Crippen molar-refractivity contribution in [3.8, 4) is 0 Å². The Bertz CT molecular complexity index is 688. The minimum atomic E-state index is 0.618. The predicted octanol–water partition coefficient (Wildman–Crippen LogP) is 4.00. The number of likely N-dealkylation sites (tertiary alicyclic amines) is 1. The highest BCUT2D eigenvalue weighted by Crippen LogP contribution is 2.30. The number of anilines is 1. The number of likely N-dealkylation sites (N-methyl/N-ethyl adjacent to an activating group) is 1. The molecule has 4 nitrogen and oxygen atoms in total. The molecule has 1 aromatic heterocycles. The van der Waals surface area contributed by atoms with Gasteiger partial charge in [0.05, 0.1) is 4.88 Å². The van der Waals surface area contributed by atoms with Crippen molar-refractivity contribution in [3.63, 3.8) is 0 Å². The Hall–Kier alpha value is -1.14. The first kappa shape index (κ1) is 19.6. The Labute approximate surface area is 166 Å². The summed E-state index contributed by atoms with van der Waals surface area (Å²) in [7, 11) is 6.29. The topological polar surface area (TPSA) is 22.6 Å².